The molecule has 0 bridgehead atoms. The van der Waals surface area contributed by atoms with Gasteiger partial charge in [-0.05, 0) is 43.0 Å². The van der Waals surface area contributed by atoms with Crippen LogP contribution >= 0.6 is 0 Å². The van der Waals surface area contributed by atoms with Gasteiger partial charge in [0.15, 0.2) is 14.6 Å². The van der Waals surface area contributed by atoms with Gasteiger partial charge >= 0.3 is 12.4 Å². The summed E-state index contributed by atoms with van der Waals surface area (Å²) in [6.45, 7) is -0.0348. The second-order valence-electron chi connectivity index (χ2n) is 8.42. The number of hydrogen-bond acceptors (Lipinski definition) is 6. The van der Waals surface area contributed by atoms with Gasteiger partial charge in [0.05, 0.1) is 10.6 Å². The topological polar surface area (TPSA) is 106 Å². The number of ether oxygens (including phenoxy) is 1. The zero-order chi connectivity index (χ0) is 27.7. The molecule has 2 heterocycles. The molecule has 0 radical (unpaired) electrons. The normalized spacial score (nSPS) is 16.9. The molecule has 1 saturated heterocycles. The number of amides is 1. The van der Waals surface area contributed by atoms with E-state index in [1.807, 2.05) is 0 Å². The number of carbonyl (C=O) groups excluding carboxylic acids is 1. The molecule has 0 aliphatic carbocycles. The summed E-state index contributed by atoms with van der Waals surface area (Å²) in [6.07, 6.45) is -14.4. The molecule has 2 aromatic rings. The highest BCUT2D eigenvalue weighted by Crippen LogP contribution is 2.48. The molecule has 1 fully saturated rings. The van der Waals surface area contributed by atoms with Crippen LogP contribution in [-0.4, -0.2) is 60.5 Å². The predicted octanol–water partition coefficient (Wildman–Crippen LogP) is 4.34. The summed E-state index contributed by atoms with van der Waals surface area (Å²) in [6, 6.07) is 7.55. The lowest BCUT2D eigenvalue weighted by Crippen LogP contribution is -2.54. The van der Waals surface area contributed by atoms with Crippen molar-refractivity contribution in [2.45, 2.75) is 53.3 Å². The second-order valence-corrected chi connectivity index (χ2v) is 10.7. The SMILES string of the molecule is O=C(NO)C1(S(=O)(=O)c2ccc(-c3ccc(CCC(F)(C(F)(F)F)C(F)(F)F)cn3)cc2)CCOCC1. The molecule has 3 rings (SSSR count). The zero-order valence-corrected chi connectivity index (χ0v) is 19.7. The van der Waals surface area contributed by atoms with Crippen LogP contribution in [0.1, 0.15) is 24.8 Å². The van der Waals surface area contributed by atoms with E-state index in [4.69, 9.17) is 9.94 Å². The van der Waals surface area contributed by atoms with Gasteiger partial charge in [-0.3, -0.25) is 15.0 Å². The minimum absolute atomic E-state index is 0.0174. The van der Waals surface area contributed by atoms with Crippen molar-refractivity contribution in [2.75, 3.05) is 13.2 Å². The van der Waals surface area contributed by atoms with Gasteiger partial charge in [-0.1, -0.05) is 18.2 Å². The van der Waals surface area contributed by atoms with Crippen molar-refractivity contribution in [2.24, 2.45) is 0 Å². The summed E-state index contributed by atoms with van der Waals surface area (Å²) < 4.78 is 120. The molecule has 7 nitrogen and oxygen atoms in total. The number of hydrogen-bond donors (Lipinski definition) is 2. The number of nitrogens with zero attached hydrogens (tertiary/aromatic N) is 1. The highest BCUT2D eigenvalue weighted by Gasteiger charge is 2.71. The number of rotatable bonds is 7. The number of sulfone groups is 1. The van der Waals surface area contributed by atoms with Crippen LogP contribution in [0.25, 0.3) is 11.3 Å². The number of carbonyl (C=O) groups is 1. The van der Waals surface area contributed by atoms with Crippen LogP contribution in [0.15, 0.2) is 47.5 Å². The molecule has 2 N–H and O–H groups in total. The number of hydroxylamine groups is 1. The number of alkyl halides is 7. The molecule has 15 heteroatoms. The van der Waals surface area contributed by atoms with Crippen LogP contribution in [0, 0.1) is 0 Å². The molecule has 0 atom stereocenters. The standard InChI is InChI=1S/C22H21F7N2O5S/c23-20(21(24,25)26,22(27,28)29)8-7-14-1-6-17(30-13-14)15-2-4-16(5-3-15)37(34,35)19(18(32)31-33)9-11-36-12-10-19/h1-6,13,33H,7-12H2,(H,31,32). The average molecular weight is 558 g/mol. The summed E-state index contributed by atoms with van der Waals surface area (Å²) in [5.41, 5.74) is -3.48. The largest absolute Gasteiger partial charge is 0.431 e. The van der Waals surface area contributed by atoms with Crippen molar-refractivity contribution in [1.82, 2.24) is 10.5 Å². The maximum atomic E-state index is 13.8. The van der Waals surface area contributed by atoms with E-state index in [0.717, 1.165) is 6.20 Å². The average Bonchev–Trinajstić information content (AvgIpc) is 2.86. The van der Waals surface area contributed by atoms with Gasteiger partial charge in [0.25, 0.3) is 11.6 Å². The Morgan fingerprint density at radius 3 is 2.00 bits per heavy atom. The Morgan fingerprint density at radius 1 is 0.973 bits per heavy atom. The first-order chi connectivity index (χ1) is 17.1. The Kier molecular flexibility index (Phi) is 7.92. The van der Waals surface area contributed by atoms with E-state index in [2.05, 4.69) is 4.98 Å². The van der Waals surface area contributed by atoms with Crippen LogP contribution in [0.3, 0.4) is 0 Å². The van der Waals surface area contributed by atoms with Crippen LogP contribution < -0.4 is 5.48 Å². The number of pyridine rings is 1. The molecule has 1 aliphatic heterocycles. The summed E-state index contributed by atoms with van der Waals surface area (Å²) in [5.74, 6) is -1.09. The van der Waals surface area contributed by atoms with Gasteiger partial charge in [0.2, 0.25) is 0 Å². The van der Waals surface area contributed by atoms with Crippen molar-refractivity contribution in [3.63, 3.8) is 0 Å². The predicted molar refractivity (Wildman–Crippen MR) is 114 cm³/mol. The van der Waals surface area contributed by atoms with Crippen LogP contribution in [0.5, 0.6) is 0 Å². The molecular formula is C22H21F7N2O5S. The van der Waals surface area contributed by atoms with Gasteiger partial charge in [-0.25, -0.2) is 18.3 Å². The fourth-order valence-electron chi connectivity index (χ4n) is 3.96. The molecule has 1 amide bonds. The lowest BCUT2D eigenvalue weighted by Gasteiger charge is -2.34. The van der Waals surface area contributed by atoms with E-state index in [-0.39, 0.29) is 42.2 Å². The van der Waals surface area contributed by atoms with Crippen molar-refractivity contribution in [3.8, 4) is 11.3 Å². The second kappa shape index (κ2) is 10.2. The fraction of sp³-hybridized carbons (Fsp3) is 0.455. The molecule has 0 unspecified atom stereocenters. The molecule has 204 valence electrons. The Labute approximate surface area is 206 Å². The molecule has 1 aromatic carbocycles. The number of aryl methyl sites for hydroxylation is 1. The van der Waals surface area contributed by atoms with E-state index < -0.39 is 51.4 Å². The Balaban J connectivity index is 1.80. The summed E-state index contributed by atoms with van der Waals surface area (Å²) in [5, 5.41) is 9.09. The van der Waals surface area contributed by atoms with E-state index in [9.17, 15) is 43.9 Å². The van der Waals surface area contributed by atoms with Gasteiger partial charge < -0.3 is 4.74 Å². The van der Waals surface area contributed by atoms with Crippen LogP contribution in [0.2, 0.25) is 0 Å². The number of halogens is 7. The maximum Gasteiger partial charge on any atom is 0.431 e. The molecule has 1 aromatic heterocycles. The first-order valence-electron chi connectivity index (χ1n) is 10.7. The quantitative estimate of drug-likeness (QED) is 0.298. The van der Waals surface area contributed by atoms with E-state index in [0.29, 0.717) is 5.56 Å². The van der Waals surface area contributed by atoms with Crippen LogP contribution in [0.4, 0.5) is 30.7 Å². The third-order valence-corrected chi connectivity index (χ3v) is 8.79. The minimum Gasteiger partial charge on any atom is -0.381 e. The highest BCUT2D eigenvalue weighted by molar-refractivity contribution is 7.93. The van der Waals surface area contributed by atoms with E-state index >= 15 is 0 Å². The smallest absolute Gasteiger partial charge is 0.381 e. The Hall–Kier alpha value is -2.78. The minimum atomic E-state index is -6.14. The molecule has 0 spiro atoms. The molecular weight excluding hydrogens is 537 g/mol. The van der Waals surface area contributed by atoms with Crippen molar-refractivity contribution in [3.05, 3.63) is 48.2 Å². The van der Waals surface area contributed by atoms with E-state index in [1.165, 1.54) is 41.9 Å². The summed E-state index contributed by atoms with van der Waals surface area (Å²) >= 11 is 0. The third kappa shape index (κ3) is 5.29. The van der Waals surface area contributed by atoms with Crippen molar-refractivity contribution >= 4 is 15.7 Å². The first-order valence-corrected chi connectivity index (χ1v) is 12.2. The van der Waals surface area contributed by atoms with E-state index in [1.54, 1.807) is 0 Å². The maximum absolute atomic E-state index is 13.8. The summed E-state index contributed by atoms with van der Waals surface area (Å²) in [7, 11) is -4.28. The molecule has 1 aliphatic rings. The number of benzene rings is 1. The summed E-state index contributed by atoms with van der Waals surface area (Å²) in [4.78, 5) is 16.0. The Bertz CT molecular complexity index is 1190. The molecule has 0 saturated carbocycles. The Morgan fingerprint density at radius 2 is 1.54 bits per heavy atom. The van der Waals surface area contributed by atoms with Crippen molar-refractivity contribution in [1.29, 1.82) is 0 Å². The lowest BCUT2D eigenvalue weighted by atomic mass is 9.95. The van der Waals surface area contributed by atoms with Gasteiger partial charge in [0, 0.05) is 31.4 Å². The highest BCUT2D eigenvalue weighted by atomic mass is 32.2. The fourth-order valence-corrected chi connectivity index (χ4v) is 5.89. The lowest BCUT2D eigenvalue weighted by molar-refractivity contribution is -0.343. The zero-order valence-electron chi connectivity index (χ0n) is 18.9. The van der Waals surface area contributed by atoms with Gasteiger partial charge in [0.1, 0.15) is 0 Å². The third-order valence-electron chi connectivity index (χ3n) is 6.27. The first kappa shape index (κ1) is 28.8. The molecule has 37 heavy (non-hydrogen) atoms. The monoisotopic (exact) mass is 558 g/mol. The van der Waals surface area contributed by atoms with Crippen LogP contribution in [-0.2, 0) is 25.8 Å². The number of nitrogens with one attached hydrogen (secondary N) is 1. The number of aromatic nitrogens is 1. The van der Waals surface area contributed by atoms with Gasteiger partial charge in [-0.2, -0.15) is 26.3 Å². The van der Waals surface area contributed by atoms with Gasteiger partial charge in [-0.15, -0.1) is 0 Å². The van der Waals surface area contributed by atoms with Crippen molar-refractivity contribution < 1.29 is 53.9 Å².